The number of carbonyl (C=O) groups is 1. The second kappa shape index (κ2) is 5.71. The lowest BCUT2D eigenvalue weighted by atomic mass is 9.76. The molecule has 20 heavy (non-hydrogen) atoms. The lowest BCUT2D eigenvalue weighted by molar-refractivity contribution is 0.0698. The van der Waals surface area contributed by atoms with Crippen molar-refractivity contribution in [1.82, 2.24) is 5.32 Å². The van der Waals surface area contributed by atoms with Gasteiger partial charge in [-0.2, -0.15) is 0 Å². The molecule has 0 spiro atoms. The summed E-state index contributed by atoms with van der Waals surface area (Å²) in [5, 5.41) is 12.7. The molecule has 110 valence electrons. The molecule has 0 aliphatic heterocycles. The SMILES string of the molecule is CC1CCCC(CO)(NC(=O)c2ccc(N)cc2N)C1. The number of aliphatic hydroxyl groups is 1. The maximum absolute atomic E-state index is 12.4. The second-order valence-corrected chi connectivity index (χ2v) is 5.94. The monoisotopic (exact) mass is 277 g/mol. The highest BCUT2D eigenvalue weighted by atomic mass is 16.3. The lowest BCUT2D eigenvalue weighted by Gasteiger charge is -2.39. The fourth-order valence-electron chi connectivity index (χ4n) is 3.05. The minimum Gasteiger partial charge on any atom is -0.399 e. The summed E-state index contributed by atoms with van der Waals surface area (Å²) in [6.45, 7) is 2.10. The van der Waals surface area contributed by atoms with E-state index < -0.39 is 5.54 Å². The molecular weight excluding hydrogens is 254 g/mol. The summed E-state index contributed by atoms with van der Waals surface area (Å²) in [6.07, 6.45) is 3.75. The van der Waals surface area contributed by atoms with Crippen LogP contribution in [0.15, 0.2) is 18.2 Å². The Bertz CT molecular complexity index is 504. The van der Waals surface area contributed by atoms with Crippen molar-refractivity contribution in [3.63, 3.8) is 0 Å². The normalized spacial score (nSPS) is 26.2. The summed E-state index contributed by atoms with van der Waals surface area (Å²) in [5.74, 6) is 0.255. The van der Waals surface area contributed by atoms with E-state index in [-0.39, 0.29) is 12.5 Å². The van der Waals surface area contributed by atoms with Gasteiger partial charge in [-0.25, -0.2) is 0 Å². The maximum atomic E-state index is 12.4. The van der Waals surface area contributed by atoms with Crippen molar-refractivity contribution in [1.29, 1.82) is 0 Å². The van der Waals surface area contributed by atoms with E-state index in [1.54, 1.807) is 18.2 Å². The molecule has 0 aromatic heterocycles. The molecule has 2 rings (SSSR count). The fourth-order valence-corrected chi connectivity index (χ4v) is 3.05. The lowest BCUT2D eigenvalue weighted by Crippen LogP contribution is -2.53. The molecule has 0 radical (unpaired) electrons. The van der Waals surface area contributed by atoms with Crippen molar-refractivity contribution in [3.05, 3.63) is 23.8 Å². The van der Waals surface area contributed by atoms with Crippen molar-refractivity contribution in [2.24, 2.45) is 5.92 Å². The second-order valence-electron chi connectivity index (χ2n) is 5.94. The van der Waals surface area contributed by atoms with Crippen LogP contribution in [-0.2, 0) is 0 Å². The Morgan fingerprint density at radius 3 is 2.85 bits per heavy atom. The summed E-state index contributed by atoms with van der Waals surface area (Å²) in [7, 11) is 0. The smallest absolute Gasteiger partial charge is 0.253 e. The van der Waals surface area contributed by atoms with Crippen molar-refractivity contribution >= 4 is 17.3 Å². The molecular formula is C15H23N3O2. The number of hydrogen-bond acceptors (Lipinski definition) is 4. The van der Waals surface area contributed by atoms with Crippen LogP contribution in [-0.4, -0.2) is 23.2 Å². The highest BCUT2D eigenvalue weighted by molar-refractivity contribution is 6.00. The van der Waals surface area contributed by atoms with Crippen LogP contribution in [0.2, 0.25) is 0 Å². The number of hydrogen-bond donors (Lipinski definition) is 4. The van der Waals surface area contributed by atoms with Crippen LogP contribution < -0.4 is 16.8 Å². The first kappa shape index (κ1) is 14.7. The zero-order valence-electron chi connectivity index (χ0n) is 11.9. The largest absolute Gasteiger partial charge is 0.399 e. The number of carbonyl (C=O) groups excluding carboxylic acids is 1. The Hall–Kier alpha value is -1.75. The van der Waals surface area contributed by atoms with Crippen LogP contribution in [0.3, 0.4) is 0 Å². The molecule has 1 aliphatic rings. The highest BCUT2D eigenvalue weighted by Gasteiger charge is 2.36. The molecule has 5 heteroatoms. The third-order valence-electron chi connectivity index (χ3n) is 4.09. The van der Waals surface area contributed by atoms with Crippen molar-refractivity contribution in [2.45, 2.75) is 38.1 Å². The number of anilines is 2. The van der Waals surface area contributed by atoms with Gasteiger partial charge in [-0.05, 0) is 37.0 Å². The fraction of sp³-hybridized carbons (Fsp3) is 0.533. The van der Waals surface area contributed by atoms with Gasteiger partial charge in [-0.1, -0.05) is 19.8 Å². The van der Waals surface area contributed by atoms with Gasteiger partial charge in [0.1, 0.15) is 0 Å². The minimum absolute atomic E-state index is 0.0437. The number of benzene rings is 1. The standard InChI is InChI=1S/C15H23N3O2/c1-10-3-2-6-15(8-10,9-19)18-14(20)12-5-4-11(16)7-13(12)17/h4-5,7,10,19H,2-3,6,8-9,16-17H2,1H3,(H,18,20). The van der Waals surface area contributed by atoms with Crippen LogP contribution in [0.1, 0.15) is 43.0 Å². The van der Waals surface area contributed by atoms with E-state index in [0.717, 1.165) is 25.7 Å². The van der Waals surface area contributed by atoms with Gasteiger partial charge >= 0.3 is 0 Å². The van der Waals surface area contributed by atoms with E-state index in [9.17, 15) is 9.90 Å². The van der Waals surface area contributed by atoms with Gasteiger partial charge in [-0.3, -0.25) is 4.79 Å². The number of nitrogens with two attached hydrogens (primary N) is 2. The van der Waals surface area contributed by atoms with E-state index in [1.807, 2.05) is 0 Å². The van der Waals surface area contributed by atoms with E-state index in [1.165, 1.54) is 0 Å². The van der Waals surface area contributed by atoms with E-state index >= 15 is 0 Å². The predicted octanol–water partition coefficient (Wildman–Crippen LogP) is 1.52. The first-order valence-electron chi connectivity index (χ1n) is 7.04. The molecule has 1 aromatic rings. The molecule has 6 N–H and O–H groups in total. The van der Waals surface area contributed by atoms with Crippen molar-refractivity contribution in [3.8, 4) is 0 Å². The molecule has 5 nitrogen and oxygen atoms in total. The van der Waals surface area contributed by atoms with Gasteiger partial charge in [0.15, 0.2) is 0 Å². The molecule has 2 unspecified atom stereocenters. The Kier molecular flexibility index (Phi) is 4.18. The summed E-state index contributed by atoms with van der Waals surface area (Å²) in [6, 6.07) is 4.85. The van der Waals surface area contributed by atoms with E-state index in [4.69, 9.17) is 11.5 Å². The number of aliphatic hydroxyl groups excluding tert-OH is 1. The van der Waals surface area contributed by atoms with Crippen LogP contribution in [0.4, 0.5) is 11.4 Å². The Morgan fingerprint density at radius 1 is 1.50 bits per heavy atom. The molecule has 1 aromatic carbocycles. The molecule has 0 heterocycles. The zero-order valence-corrected chi connectivity index (χ0v) is 11.9. The molecule has 1 aliphatic carbocycles. The quantitative estimate of drug-likeness (QED) is 0.629. The van der Waals surface area contributed by atoms with Gasteiger partial charge in [0.05, 0.1) is 17.7 Å². The average Bonchev–Trinajstić information content (AvgIpc) is 2.38. The first-order valence-corrected chi connectivity index (χ1v) is 7.04. The zero-order chi connectivity index (χ0) is 14.8. The minimum atomic E-state index is -0.525. The van der Waals surface area contributed by atoms with Crippen LogP contribution in [0.25, 0.3) is 0 Å². The van der Waals surface area contributed by atoms with Crippen molar-refractivity contribution in [2.75, 3.05) is 18.1 Å². The summed E-state index contributed by atoms with van der Waals surface area (Å²) < 4.78 is 0. The third kappa shape index (κ3) is 3.04. The van der Waals surface area contributed by atoms with E-state index in [2.05, 4.69) is 12.2 Å². The number of nitrogens with one attached hydrogen (secondary N) is 1. The van der Waals surface area contributed by atoms with Crippen LogP contribution in [0, 0.1) is 5.92 Å². The molecule has 0 saturated heterocycles. The van der Waals surface area contributed by atoms with Crippen LogP contribution in [0.5, 0.6) is 0 Å². The highest BCUT2D eigenvalue weighted by Crippen LogP contribution is 2.32. The molecule has 0 bridgehead atoms. The van der Waals surface area contributed by atoms with Crippen LogP contribution >= 0.6 is 0 Å². The number of amides is 1. The summed E-state index contributed by atoms with van der Waals surface area (Å²) >= 11 is 0. The average molecular weight is 277 g/mol. The van der Waals surface area contributed by atoms with Gasteiger partial charge in [0.2, 0.25) is 0 Å². The molecule has 1 amide bonds. The first-order chi connectivity index (χ1) is 9.46. The summed E-state index contributed by atoms with van der Waals surface area (Å²) in [4.78, 5) is 12.4. The molecule has 1 saturated carbocycles. The third-order valence-corrected chi connectivity index (χ3v) is 4.09. The van der Waals surface area contributed by atoms with Gasteiger partial charge in [-0.15, -0.1) is 0 Å². The topological polar surface area (TPSA) is 101 Å². The number of rotatable bonds is 3. The van der Waals surface area contributed by atoms with Gasteiger partial charge < -0.3 is 21.9 Å². The Balaban J connectivity index is 2.16. The number of nitrogen functional groups attached to an aromatic ring is 2. The maximum Gasteiger partial charge on any atom is 0.253 e. The molecule has 2 atom stereocenters. The molecule has 1 fully saturated rings. The Labute approximate surface area is 119 Å². The van der Waals surface area contributed by atoms with Gasteiger partial charge in [0.25, 0.3) is 5.91 Å². The van der Waals surface area contributed by atoms with Gasteiger partial charge in [0, 0.05) is 11.4 Å². The summed E-state index contributed by atoms with van der Waals surface area (Å²) in [5.41, 5.74) is 12.2. The van der Waals surface area contributed by atoms with E-state index in [0.29, 0.717) is 22.9 Å². The van der Waals surface area contributed by atoms with Crippen molar-refractivity contribution < 1.29 is 9.90 Å². The predicted molar refractivity (Wildman–Crippen MR) is 80.2 cm³/mol. The Morgan fingerprint density at radius 2 is 2.25 bits per heavy atom.